The van der Waals surface area contributed by atoms with Gasteiger partial charge >= 0.3 is 0 Å². The first kappa shape index (κ1) is 47.3. The number of nitrogens with one attached hydrogen (secondary N) is 6. The number of likely N-dealkylation sites (N-methyl/N-ethyl adjacent to an activating group) is 2. The lowest BCUT2D eigenvalue weighted by atomic mass is 10.0. The van der Waals surface area contributed by atoms with E-state index in [4.69, 9.17) is 4.79 Å². The van der Waals surface area contributed by atoms with Crippen molar-refractivity contribution in [1.29, 1.82) is 0 Å². The minimum atomic E-state index is -1.15. The van der Waals surface area contributed by atoms with Gasteiger partial charge in [-0.2, -0.15) is 0 Å². The Hall–Kier alpha value is -3.85. The Balaban J connectivity index is 0. The van der Waals surface area contributed by atoms with Gasteiger partial charge < -0.3 is 46.3 Å². The molecule has 0 aliphatic rings. The summed E-state index contributed by atoms with van der Waals surface area (Å²) in [5.74, 6) is -2.37. The highest BCUT2D eigenvalue weighted by Gasteiger charge is 2.28. The van der Waals surface area contributed by atoms with E-state index in [9.17, 15) is 38.4 Å². The fourth-order valence-corrected chi connectivity index (χ4v) is 4.98. The molecule has 4 amide bonds. The van der Waals surface area contributed by atoms with Crippen molar-refractivity contribution in [1.82, 2.24) is 31.9 Å². The lowest BCUT2D eigenvalue weighted by Gasteiger charge is -2.25. The molecule has 0 aliphatic heterocycles. The number of Topliss-reactive ketones (excluding diaryl/α,β-unsaturated/α-hetero) is 4. The summed E-state index contributed by atoms with van der Waals surface area (Å²) < 4.78 is 0. The topological polar surface area (TPSA) is 226 Å². The van der Waals surface area contributed by atoms with Gasteiger partial charge in [0.05, 0.1) is 18.1 Å². The van der Waals surface area contributed by atoms with Crippen LogP contribution in [0.15, 0.2) is 0 Å². The molecular weight excluding hydrogens is 636 g/mol. The van der Waals surface area contributed by atoms with Gasteiger partial charge in [-0.25, -0.2) is 0 Å². The third-order valence-electron chi connectivity index (χ3n) is 7.76. The molecule has 0 heterocycles. The summed E-state index contributed by atoms with van der Waals surface area (Å²) in [5, 5.41) is 16.9. The van der Waals surface area contributed by atoms with Gasteiger partial charge in [-0.05, 0) is 86.7 Å². The van der Waals surface area contributed by atoms with Crippen molar-refractivity contribution in [2.45, 2.75) is 142 Å². The van der Waals surface area contributed by atoms with Gasteiger partial charge in [-0.15, -0.1) is 0 Å². The number of rotatable bonds is 27. The van der Waals surface area contributed by atoms with Crippen LogP contribution in [0, 0.1) is 0 Å². The third kappa shape index (κ3) is 23.2. The molecule has 280 valence electrons. The Morgan fingerprint density at radius 2 is 1.06 bits per heavy atom. The average Bonchev–Trinajstić information content (AvgIpc) is 3.03. The SMILES string of the molecule is C=O.CCCC(NC)C(=O)NCCCCC(CC(C)=O)NC(=O)C(CCC(=O)NC(CCC(C)=O)C(C)=O)NC(=O)C(CCC(C)=O)NC. The zero-order valence-electron chi connectivity index (χ0n) is 30.5. The largest absolute Gasteiger partial charge is 0.355 e. The first-order valence-electron chi connectivity index (χ1n) is 16.9. The van der Waals surface area contributed by atoms with E-state index in [0.29, 0.717) is 25.8 Å². The van der Waals surface area contributed by atoms with Crippen LogP contribution in [-0.4, -0.2) is 104 Å². The Kier molecular flexibility index (Phi) is 27.0. The maximum Gasteiger partial charge on any atom is 0.242 e. The molecule has 0 rings (SSSR count). The highest BCUT2D eigenvalue weighted by Crippen LogP contribution is 2.10. The maximum atomic E-state index is 13.5. The van der Waals surface area contributed by atoms with Gasteiger partial charge in [-0.1, -0.05) is 13.3 Å². The molecule has 0 fully saturated rings. The number of hydrogen-bond donors (Lipinski definition) is 6. The second-order valence-corrected chi connectivity index (χ2v) is 12.2. The second-order valence-electron chi connectivity index (χ2n) is 12.2. The van der Waals surface area contributed by atoms with Gasteiger partial charge in [0.15, 0.2) is 5.78 Å². The number of carbonyl (C=O) groups excluding carboxylic acids is 9. The van der Waals surface area contributed by atoms with Crippen molar-refractivity contribution in [2.75, 3.05) is 20.6 Å². The summed E-state index contributed by atoms with van der Waals surface area (Å²) in [4.78, 5) is 107. The molecule has 49 heavy (non-hydrogen) atoms. The van der Waals surface area contributed by atoms with E-state index in [-0.39, 0.29) is 80.0 Å². The van der Waals surface area contributed by atoms with E-state index >= 15 is 0 Å². The van der Waals surface area contributed by atoms with Crippen LogP contribution >= 0.6 is 0 Å². The van der Waals surface area contributed by atoms with E-state index in [1.807, 2.05) is 13.7 Å². The summed E-state index contributed by atoms with van der Waals surface area (Å²) >= 11 is 0. The first-order chi connectivity index (χ1) is 23.1. The van der Waals surface area contributed by atoms with E-state index in [1.54, 1.807) is 14.1 Å². The Bertz CT molecular complexity index is 1080. The van der Waals surface area contributed by atoms with Gasteiger partial charge in [-0.3, -0.25) is 28.8 Å². The molecule has 15 nitrogen and oxygen atoms in total. The number of hydrogen-bond acceptors (Lipinski definition) is 11. The molecule has 15 heteroatoms. The Morgan fingerprint density at radius 1 is 0.551 bits per heavy atom. The zero-order chi connectivity index (χ0) is 37.9. The smallest absolute Gasteiger partial charge is 0.242 e. The number of ketones is 4. The van der Waals surface area contributed by atoms with Crippen LogP contribution in [0.4, 0.5) is 0 Å². The van der Waals surface area contributed by atoms with Crippen molar-refractivity contribution in [3.05, 3.63) is 0 Å². The van der Waals surface area contributed by atoms with Crippen molar-refractivity contribution < 1.29 is 43.2 Å². The molecule has 0 spiro atoms. The highest BCUT2D eigenvalue weighted by molar-refractivity contribution is 5.92. The van der Waals surface area contributed by atoms with E-state index in [0.717, 1.165) is 12.8 Å². The molecule has 5 atom stereocenters. The van der Waals surface area contributed by atoms with Crippen LogP contribution in [0.5, 0.6) is 0 Å². The summed E-state index contributed by atoms with van der Waals surface area (Å²) in [5.41, 5.74) is 0. The van der Waals surface area contributed by atoms with Crippen molar-refractivity contribution in [3.63, 3.8) is 0 Å². The van der Waals surface area contributed by atoms with Crippen LogP contribution in [0.25, 0.3) is 0 Å². The third-order valence-corrected chi connectivity index (χ3v) is 7.76. The molecule has 0 bridgehead atoms. The average molecular weight is 697 g/mol. The molecule has 0 saturated heterocycles. The summed E-state index contributed by atoms with van der Waals surface area (Å²) in [6.07, 6.45) is 3.65. The minimum absolute atomic E-state index is 0.0613. The number of unbranched alkanes of at least 4 members (excludes halogenated alkanes) is 1. The van der Waals surface area contributed by atoms with Crippen molar-refractivity contribution >= 4 is 53.6 Å². The fraction of sp³-hybridized carbons (Fsp3) is 0.735. The quantitative estimate of drug-likeness (QED) is 0.0652. The molecule has 6 N–H and O–H groups in total. The Morgan fingerprint density at radius 3 is 1.55 bits per heavy atom. The molecular formula is C34H60N6O9. The lowest BCUT2D eigenvalue weighted by Crippen LogP contribution is -2.54. The summed E-state index contributed by atoms with van der Waals surface area (Å²) in [7, 11) is 3.30. The first-order valence-corrected chi connectivity index (χ1v) is 16.9. The van der Waals surface area contributed by atoms with Crippen LogP contribution < -0.4 is 31.9 Å². The fourth-order valence-electron chi connectivity index (χ4n) is 4.98. The van der Waals surface area contributed by atoms with Crippen LogP contribution in [0.3, 0.4) is 0 Å². The van der Waals surface area contributed by atoms with Gasteiger partial charge in [0.1, 0.15) is 30.2 Å². The zero-order valence-corrected chi connectivity index (χ0v) is 30.5. The van der Waals surface area contributed by atoms with Crippen molar-refractivity contribution in [2.24, 2.45) is 0 Å². The minimum Gasteiger partial charge on any atom is -0.355 e. The van der Waals surface area contributed by atoms with E-state index < -0.39 is 41.9 Å². The molecule has 0 aromatic rings. The van der Waals surface area contributed by atoms with E-state index in [2.05, 4.69) is 31.9 Å². The number of amides is 4. The normalized spacial score (nSPS) is 13.6. The maximum absolute atomic E-state index is 13.5. The van der Waals surface area contributed by atoms with Crippen LogP contribution in [-0.2, 0) is 43.2 Å². The van der Waals surface area contributed by atoms with Gasteiger partial charge in [0.2, 0.25) is 23.6 Å². The van der Waals surface area contributed by atoms with Crippen molar-refractivity contribution in [3.8, 4) is 0 Å². The standard InChI is InChI=1S/C33H58N6O8.CH2O/c1-8-11-27(34-6)31(45)36-19-10-9-12-25(20-23(4)42)37-33(47)29(39-32(46)28(35-7)16-14-22(3)41)17-18-30(44)38-26(24(5)43)15-13-21(2)40;1-2/h25-29,34-35H,8-20H2,1-7H3,(H,36,45)(H,37,47)(H,38,44)(H,39,46);1H2. The Labute approximate surface area is 291 Å². The molecule has 5 unspecified atom stereocenters. The monoisotopic (exact) mass is 696 g/mol. The highest BCUT2D eigenvalue weighted by atomic mass is 16.2. The lowest BCUT2D eigenvalue weighted by molar-refractivity contribution is -0.132. The van der Waals surface area contributed by atoms with Gasteiger partial charge in [0, 0.05) is 38.3 Å². The molecule has 0 aliphatic carbocycles. The molecule has 0 aromatic carbocycles. The van der Waals surface area contributed by atoms with E-state index in [1.165, 1.54) is 27.7 Å². The number of carbonyl (C=O) groups is 9. The predicted molar refractivity (Wildman–Crippen MR) is 185 cm³/mol. The predicted octanol–water partition coefficient (Wildman–Crippen LogP) is 0.605. The molecule has 0 aromatic heterocycles. The van der Waals surface area contributed by atoms with Gasteiger partial charge in [0.25, 0.3) is 0 Å². The summed E-state index contributed by atoms with van der Waals surface area (Å²) in [6, 6.07) is -3.58. The molecule has 0 radical (unpaired) electrons. The summed E-state index contributed by atoms with van der Waals surface area (Å²) in [6.45, 7) is 9.98. The van der Waals surface area contributed by atoms with Crippen LogP contribution in [0.1, 0.15) is 112 Å². The van der Waals surface area contributed by atoms with Crippen LogP contribution in [0.2, 0.25) is 0 Å². The molecule has 0 saturated carbocycles. The second kappa shape index (κ2) is 28.0.